The molecule has 1 aromatic carbocycles. The van der Waals surface area contributed by atoms with Gasteiger partial charge in [0.2, 0.25) is 5.88 Å². The van der Waals surface area contributed by atoms with Gasteiger partial charge in [-0.15, -0.1) is 0 Å². The molecule has 0 saturated heterocycles. The van der Waals surface area contributed by atoms with Gasteiger partial charge in [0.15, 0.2) is 0 Å². The largest absolute Gasteiger partial charge is 0.496 e. The summed E-state index contributed by atoms with van der Waals surface area (Å²) in [7, 11) is 5.19. The van der Waals surface area contributed by atoms with Gasteiger partial charge in [-0.1, -0.05) is 18.2 Å². The van der Waals surface area contributed by atoms with Gasteiger partial charge >= 0.3 is 0 Å². The van der Waals surface area contributed by atoms with Crippen molar-refractivity contribution in [3.63, 3.8) is 0 Å². The average Bonchev–Trinajstić information content (AvgIpc) is 2.53. The van der Waals surface area contributed by atoms with Gasteiger partial charge in [-0.3, -0.25) is 0 Å². The first-order valence-electron chi connectivity index (χ1n) is 6.43. The number of benzene rings is 1. The Labute approximate surface area is 119 Å². The van der Waals surface area contributed by atoms with Crippen LogP contribution in [0.2, 0.25) is 0 Å². The number of aromatic nitrogens is 2. The lowest BCUT2D eigenvalue weighted by Crippen LogP contribution is -2.20. The van der Waals surface area contributed by atoms with Crippen molar-refractivity contribution in [1.29, 1.82) is 0 Å². The number of likely N-dealkylation sites (N-methyl/N-ethyl adjacent to an activating group) is 1. The summed E-state index contributed by atoms with van der Waals surface area (Å²) in [5.41, 5.74) is 2.03. The zero-order chi connectivity index (χ0) is 14.4. The molecule has 0 bridgehead atoms. The second-order valence-electron chi connectivity index (χ2n) is 4.34. The quantitative estimate of drug-likeness (QED) is 0.872. The number of hydrogen-bond acceptors (Lipinski definition) is 5. The van der Waals surface area contributed by atoms with E-state index in [2.05, 4.69) is 21.4 Å². The molecule has 2 rings (SSSR count). The molecule has 1 heterocycles. The second kappa shape index (κ2) is 6.86. The van der Waals surface area contributed by atoms with Crippen molar-refractivity contribution in [2.75, 3.05) is 21.3 Å². The molecule has 20 heavy (non-hydrogen) atoms. The van der Waals surface area contributed by atoms with Crippen molar-refractivity contribution in [3.05, 3.63) is 47.9 Å². The van der Waals surface area contributed by atoms with E-state index in [-0.39, 0.29) is 6.04 Å². The number of nitrogens with zero attached hydrogens (tertiary/aromatic N) is 2. The molecule has 0 aliphatic carbocycles. The van der Waals surface area contributed by atoms with Crippen LogP contribution in [0.3, 0.4) is 0 Å². The van der Waals surface area contributed by atoms with Crippen LogP contribution in [0.4, 0.5) is 0 Å². The molecule has 1 N–H and O–H groups in total. The Balaban J connectivity index is 2.24. The van der Waals surface area contributed by atoms with Crippen molar-refractivity contribution in [3.8, 4) is 11.6 Å². The molecule has 0 amide bonds. The molecule has 1 aromatic heterocycles. The molecule has 0 aliphatic rings. The van der Waals surface area contributed by atoms with Crippen molar-refractivity contribution in [2.24, 2.45) is 0 Å². The number of methoxy groups -OCH3 is 2. The van der Waals surface area contributed by atoms with Gasteiger partial charge in [-0.2, -0.15) is 0 Å². The van der Waals surface area contributed by atoms with Crippen LogP contribution in [0.25, 0.3) is 0 Å². The average molecular weight is 273 g/mol. The first kappa shape index (κ1) is 14.3. The maximum absolute atomic E-state index is 5.39. The van der Waals surface area contributed by atoms with E-state index in [1.807, 2.05) is 31.3 Å². The molecular weight excluding hydrogens is 254 g/mol. The highest BCUT2D eigenvalue weighted by Gasteiger charge is 2.15. The maximum atomic E-state index is 5.39. The van der Waals surface area contributed by atoms with Crippen LogP contribution < -0.4 is 14.8 Å². The van der Waals surface area contributed by atoms with Crippen LogP contribution in [0.1, 0.15) is 17.3 Å². The summed E-state index contributed by atoms with van der Waals surface area (Å²) >= 11 is 0. The van der Waals surface area contributed by atoms with Crippen LogP contribution in [-0.4, -0.2) is 31.2 Å². The Kier molecular flexibility index (Phi) is 4.90. The van der Waals surface area contributed by atoms with E-state index < -0.39 is 0 Å². The fourth-order valence-corrected chi connectivity index (χ4v) is 2.10. The van der Waals surface area contributed by atoms with E-state index in [1.54, 1.807) is 14.2 Å². The lowest BCUT2D eigenvalue weighted by Gasteiger charge is -2.17. The van der Waals surface area contributed by atoms with Crippen LogP contribution >= 0.6 is 0 Å². The number of hydrogen-bond donors (Lipinski definition) is 1. The summed E-state index contributed by atoms with van der Waals surface area (Å²) in [6.45, 7) is 0. The third kappa shape index (κ3) is 3.24. The number of ether oxygens (including phenoxy) is 2. The van der Waals surface area contributed by atoms with E-state index in [1.165, 1.54) is 6.33 Å². The Morgan fingerprint density at radius 1 is 1.15 bits per heavy atom. The smallest absolute Gasteiger partial charge is 0.216 e. The minimum absolute atomic E-state index is 0.0724. The van der Waals surface area contributed by atoms with E-state index in [9.17, 15) is 0 Å². The number of nitrogens with one attached hydrogen (secondary N) is 1. The minimum Gasteiger partial charge on any atom is -0.496 e. The first-order valence-corrected chi connectivity index (χ1v) is 6.43. The molecule has 2 aromatic rings. The Bertz CT molecular complexity index is 560. The van der Waals surface area contributed by atoms with Crippen molar-refractivity contribution in [1.82, 2.24) is 15.3 Å². The molecule has 5 heteroatoms. The predicted octanol–water partition coefficient (Wildman–Crippen LogP) is 2.00. The van der Waals surface area contributed by atoms with Gasteiger partial charge in [-0.25, -0.2) is 9.97 Å². The molecule has 5 nitrogen and oxygen atoms in total. The molecule has 0 spiro atoms. The van der Waals surface area contributed by atoms with E-state index in [0.717, 1.165) is 23.4 Å². The fraction of sp³-hybridized carbons (Fsp3) is 0.333. The summed E-state index contributed by atoms with van der Waals surface area (Å²) in [5, 5.41) is 3.27. The third-order valence-corrected chi connectivity index (χ3v) is 3.19. The van der Waals surface area contributed by atoms with Gasteiger partial charge in [0.25, 0.3) is 0 Å². The Hall–Kier alpha value is -2.14. The van der Waals surface area contributed by atoms with E-state index >= 15 is 0 Å². The molecule has 1 unspecified atom stereocenters. The highest BCUT2D eigenvalue weighted by atomic mass is 16.5. The van der Waals surface area contributed by atoms with Crippen LogP contribution in [-0.2, 0) is 6.42 Å². The SMILES string of the molecule is CNC(Cc1ccccc1OC)c1cc(OC)ncn1. The van der Waals surface area contributed by atoms with Crippen molar-refractivity contribution >= 4 is 0 Å². The van der Waals surface area contributed by atoms with Crippen LogP contribution in [0, 0.1) is 0 Å². The highest BCUT2D eigenvalue weighted by Crippen LogP contribution is 2.24. The number of rotatable bonds is 6. The van der Waals surface area contributed by atoms with Crippen LogP contribution in [0.15, 0.2) is 36.7 Å². The fourth-order valence-electron chi connectivity index (χ4n) is 2.10. The molecule has 106 valence electrons. The predicted molar refractivity (Wildman–Crippen MR) is 77.1 cm³/mol. The lowest BCUT2D eigenvalue weighted by atomic mass is 10.0. The highest BCUT2D eigenvalue weighted by molar-refractivity contribution is 5.34. The van der Waals surface area contributed by atoms with Crippen molar-refractivity contribution in [2.45, 2.75) is 12.5 Å². The summed E-state index contributed by atoms with van der Waals surface area (Å²) < 4.78 is 10.5. The number of para-hydroxylation sites is 1. The van der Waals surface area contributed by atoms with Crippen LogP contribution in [0.5, 0.6) is 11.6 Å². The molecule has 0 fully saturated rings. The topological polar surface area (TPSA) is 56.3 Å². The third-order valence-electron chi connectivity index (χ3n) is 3.19. The Morgan fingerprint density at radius 2 is 1.95 bits per heavy atom. The van der Waals surface area contributed by atoms with Gasteiger partial charge in [0.1, 0.15) is 12.1 Å². The molecule has 0 aliphatic heterocycles. The molecule has 0 radical (unpaired) electrons. The second-order valence-corrected chi connectivity index (χ2v) is 4.34. The van der Waals surface area contributed by atoms with E-state index in [4.69, 9.17) is 9.47 Å². The Morgan fingerprint density at radius 3 is 2.65 bits per heavy atom. The standard InChI is InChI=1S/C15H19N3O2/c1-16-12(13-9-15(20-3)18-10-17-13)8-11-6-4-5-7-14(11)19-2/h4-7,9-10,12,16H,8H2,1-3H3. The molecule has 1 atom stereocenters. The van der Waals surface area contributed by atoms with Crippen molar-refractivity contribution < 1.29 is 9.47 Å². The van der Waals surface area contributed by atoms with Gasteiger partial charge < -0.3 is 14.8 Å². The van der Waals surface area contributed by atoms with Gasteiger partial charge in [0, 0.05) is 6.07 Å². The maximum Gasteiger partial charge on any atom is 0.216 e. The summed E-state index contributed by atoms with van der Waals surface area (Å²) in [4.78, 5) is 8.35. The molecular formula is C15H19N3O2. The zero-order valence-corrected chi connectivity index (χ0v) is 12.0. The lowest BCUT2D eigenvalue weighted by molar-refractivity contribution is 0.393. The normalized spacial score (nSPS) is 11.9. The van der Waals surface area contributed by atoms with E-state index in [0.29, 0.717) is 5.88 Å². The first-order chi connectivity index (χ1) is 9.78. The molecule has 0 saturated carbocycles. The van der Waals surface area contributed by atoms with Gasteiger partial charge in [0.05, 0.1) is 26.0 Å². The summed E-state index contributed by atoms with van der Waals surface area (Å²) in [5.74, 6) is 1.45. The summed E-state index contributed by atoms with van der Waals surface area (Å²) in [6.07, 6.45) is 2.29. The minimum atomic E-state index is 0.0724. The van der Waals surface area contributed by atoms with Gasteiger partial charge in [-0.05, 0) is 25.1 Å². The monoisotopic (exact) mass is 273 g/mol. The summed E-state index contributed by atoms with van der Waals surface area (Å²) in [6, 6.07) is 9.90. The zero-order valence-electron chi connectivity index (χ0n) is 12.0.